The van der Waals surface area contributed by atoms with Crippen molar-refractivity contribution in [3.63, 3.8) is 0 Å². The van der Waals surface area contributed by atoms with Crippen molar-refractivity contribution in [3.05, 3.63) is 64.9 Å². The van der Waals surface area contributed by atoms with Gasteiger partial charge in [-0.3, -0.25) is 9.78 Å². The van der Waals surface area contributed by atoms with Crippen LogP contribution >= 0.6 is 11.6 Å². The number of aromatic nitrogens is 1. The molecule has 39 heavy (non-hydrogen) atoms. The van der Waals surface area contributed by atoms with Gasteiger partial charge in [0.25, 0.3) is 0 Å². The molecule has 1 aromatic heterocycles. The first-order valence-corrected chi connectivity index (χ1v) is 13.0. The fraction of sp³-hybridized carbons (Fsp3) is 0.481. The molecule has 0 spiro atoms. The van der Waals surface area contributed by atoms with Gasteiger partial charge in [0, 0.05) is 43.2 Å². The Balaban J connectivity index is 1.59. The normalized spacial score (nSPS) is 27.0. The number of carbonyl (C=O) groups excluding carboxylic acids is 2. The molecule has 2 aromatic rings. The van der Waals surface area contributed by atoms with E-state index in [0.717, 1.165) is 11.3 Å². The quantitative estimate of drug-likeness (QED) is 0.519. The Morgan fingerprint density at radius 1 is 1.18 bits per heavy atom. The van der Waals surface area contributed by atoms with Gasteiger partial charge in [-0.2, -0.15) is 18.4 Å². The van der Waals surface area contributed by atoms with Gasteiger partial charge in [0.05, 0.1) is 42.2 Å². The van der Waals surface area contributed by atoms with Crippen molar-refractivity contribution in [3.8, 4) is 6.07 Å². The Bertz CT molecular complexity index is 1190. The van der Waals surface area contributed by atoms with Gasteiger partial charge in [0.1, 0.15) is 6.61 Å². The van der Waals surface area contributed by atoms with Crippen LogP contribution < -0.4 is 10.6 Å². The Hall–Kier alpha value is -3.20. The molecule has 2 saturated heterocycles. The van der Waals surface area contributed by atoms with Crippen molar-refractivity contribution < 1.29 is 27.5 Å². The molecular formula is C27H29ClF3N5O3. The van der Waals surface area contributed by atoms with E-state index in [1.54, 1.807) is 36.5 Å². The van der Waals surface area contributed by atoms with E-state index in [0.29, 0.717) is 24.5 Å². The first-order chi connectivity index (χ1) is 18.6. The fourth-order valence-electron chi connectivity index (χ4n) is 5.39. The van der Waals surface area contributed by atoms with Crippen LogP contribution in [0.5, 0.6) is 0 Å². The van der Waals surface area contributed by atoms with Crippen molar-refractivity contribution in [1.29, 1.82) is 5.26 Å². The van der Waals surface area contributed by atoms with Crippen LogP contribution in [0.15, 0.2) is 48.7 Å². The van der Waals surface area contributed by atoms with E-state index < -0.39 is 49.2 Å². The van der Waals surface area contributed by atoms with Gasteiger partial charge in [-0.1, -0.05) is 29.8 Å². The number of nitriles is 1. The second kappa shape index (κ2) is 12.3. The van der Waals surface area contributed by atoms with Crippen molar-refractivity contribution in [2.24, 2.45) is 11.8 Å². The van der Waals surface area contributed by atoms with Crippen molar-refractivity contribution in [1.82, 2.24) is 20.5 Å². The number of amides is 1. The van der Waals surface area contributed by atoms with Crippen molar-refractivity contribution >= 4 is 23.5 Å². The molecule has 2 aliphatic rings. The zero-order valence-corrected chi connectivity index (χ0v) is 22.0. The van der Waals surface area contributed by atoms with Crippen molar-refractivity contribution in [2.75, 3.05) is 26.7 Å². The smallest absolute Gasteiger partial charge is 0.409 e. The summed E-state index contributed by atoms with van der Waals surface area (Å²) in [4.78, 5) is 32.5. The van der Waals surface area contributed by atoms with Gasteiger partial charge in [-0.25, -0.2) is 4.79 Å². The van der Waals surface area contributed by atoms with Crippen LogP contribution in [0.1, 0.15) is 36.1 Å². The number of likely N-dealkylation sites (N-methyl/N-ethyl adjacent to an activating group) is 1. The maximum atomic E-state index is 14.1. The predicted octanol–water partition coefficient (Wildman–Crippen LogP) is 4.24. The van der Waals surface area contributed by atoms with E-state index in [-0.39, 0.29) is 17.7 Å². The second-order valence-corrected chi connectivity index (χ2v) is 10.3. The minimum atomic E-state index is -4.47. The number of rotatable bonds is 7. The summed E-state index contributed by atoms with van der Waals surface area (Å²) < 4.78 is 42.8. The van der Waals surface area contributed by atoms with Crippen molar-refractivity contribution in [2.45, 2.75) is 43.1 Å². The highest BCUT2D eigenvalue weighted by Gasteiger charge is 2.49. The van der Waals surface area contributed by atoms with E-state index in [4.69, 9.17) is 16.3 Å². The number of halogens is 4. The number of hydrogen-bond donors (Lipinski definition) is 2. The monoisotopic (exact) mass is 563 g/mol. The van der Waals surface area contributed by atoms with Crippen LogP contribution in [-0.2, 0) is 9.53 Å². The lowest BCUT2D eigenvalue weighted by Crippen LogP contribution is -2.54. The van der Waals surface area contributed by atoms with Crippen LogP contribution in [0.25, 0.3) is 0 Å². The molecule has 6 atom stereocenters. The molecule has 2 aliphatic heterocycles. The van der Waals surface area contributed by atoms with E-state index in [1.165, 1.54) is 11.9 Å². The summed E-state index contributed by atoms with van der Waals surface area (Å²) in [7, 11) is 1.41. The number of benzene rings is 1. The lowest BCUT2D eigenvalue weighted by molar-refractivity contribution is -0.141. The molecule has 8 nitrogen and oxygen atoms in total. The number of pyridine rings is 1. The SMILES string of the molecule is CN(C(=O)OCCC(F)(F)F)[C@@H]1C(C(=O)C2CC(c3ccccn3)NCC2C#N)NC[C@H]1c1ccc(Cl)cc1. The summed E-state index contributed by atoms with van der Waals surface area (Å²) in [5, 5.41) is 16.9. The maximum Gasteiger partial charge on any atom is 0.409 e. The van der Waals surface area contributed by atoms with Crippen LogP contribution in [0, 0.1) is 23.2 Å². The first kappa shape index (κ1) is 28.8. The summed E-state index contributed by atoms with van der Waals surface area (Å²) in [6.07, 6.45) is -4.70. The molecule has 2 N–H and O–H groups in total. The number of carbonyl (C=O) groups is 2. The zero-order valence-electron chi connectivity index (χ0n) is 21.2. The number of hydrogen-bond acceptors (Lipinski definition) is 7. The average Bonchev–Trinajstić information content (AvgIpc) is 3.37. The highest BCUT2D eigenvalue weighted by Crippen LogP contribution is 2.37. The summed E-state index contributed by atoms with van der Waals surface area (Å²) in [5.74, 6) is -1.86. The molecule has 0 saturated carbocycles. The van der Waals surface area contributed by atoms with E-state index in [9.17, 15) is 28.0 Å². The topological polar surface area (TPSA) is 107 Å². The number of ether oxygens (including phenoxy) is 1. The lowest BCUT2D eigenvalue weighted by atomic mass is 9.76. The Kier molecular flexibility index (Phi) is 9.10. The lowest BCUT2D eigenvalue weighted by Gasteiger charge is -2.37. The maximum absolute atomic E-state index is 14.1. The molecule has 1 amide bonds. The second-order valence-electron chi connectivity index (χ2n) is 9.82. The van der Waals surface area contributed by atoms with Gasteiger partial charge in [0.15, 0.2) is 5.78 Å². The number of nitrogens with zero attached hydrogens (tertiary/aromatic N) is 3. The molecule has 4 rings (SSSR count). The standard InChI is InChI=1S/C27H29ClF3N5O3/c1-36(26(38)39-11-9-27(29,30)31)24-20(16-5-7-18(28)8-6-16)15-35-23(24)25(37)19-12-22(34-14-17(19)13-32)21-4-2-3-10-33-21/h2-8,10,17,19-20,22-24,34-35H,9,11-12,14-15H2,1H3/t17?,19?,20-,22?,23?,24-/m0/s1. The summed E-state index contributed by atoms with van der Waals surface area (Å²) >= 11 is 6.05. The molecule has 0 bridgehead atoms. The van der Waals surface area contributed by atoms with Gasteiger partial charge >= 0.3 is 12.3 Å². The highest BCUT2D eigenvalue weighted by molar-refractivity contribution is 6.30. The van der Waals surface area contributed by atoms with Gasteiger partial charge < -0.3 is 20.3 Å². The molecular weight excluding hydrogens is 535 g/mol. The third kappa shape index (κ3) is 6.87. The Labute approximate surface area is 229 Å². The van der Waals surface area contributed by atoms with E-state index >= 15 is 0 Å². The van der Waals surface area contributed by atoms with Gasteiger partial charge in [-0.15, -0.1) is 0 Å². The molecule has 0 aliphatic carbocycles. The zero-order chi connectivity index (χ0) is 28.2. The molecule has 3 heterocycles. The van der Waals surface area contributed by atoms with Gasteiger partial charge in [0.2, 0.25) is 0 Å². The predicted molar refractivity (Wildman–Crippen MR) is 137 cm³/mol. The molecule has 4 unspecified atom stereocenters. The third-order valence-electron chi connectivity index (χ3n) is 7.40. The summed E-state index contributed by atoms with van der Waals surface area (Å²) in [6.45, 7) is -0.205. The number of nitrogens with one attached hydrogen (secondary N) is 2. The minimum absolute atomic E-state index is 0.235. The average molecular weight is 564 g/mol. The summed E-state index contributed by atoms with van der Waals surface area (Å²) in [5.41, 5.74) is 1.56. The highest BCUT2D eigenvalue weighted by atomic mass is 35.5. The van der Waals surface area contributed by atoms with E-state index in [2.05, 4.69) is 21.7 Å². The van der Waals surface area contributed by atoms with Crippen LogP contribution in [0.2, 0.25) is 5.02 Å². The van der Waals surface area contributed by atoms with Gasteiger partial charge in [-0.05, 0) is 36.2 Å². The number of ketones is 1. The Morgan fingerprint density at radius 2 is 1.92 bits per heavy atom. The van der Waals surface area contributed by atoms with Crippen LogP contribution in [-0.4, -0.2) is 66.8 Å². The molecule has 2 fully saturated rings. The molecule has 208 valence electrons. The number of Topliss-reactive ketones (excluding diaryl/α,β-unsaturated/α-hetero) is 1. The van der Waals surface area contributed by atoms with Crippen LogP contribution in [0.4, 0.5) is 18.0 Å². The molecule has 1 aromatic carbocycles. The third-order valence-corrected chi connectivity index (χ3v) is 7.65. The largest absolute Gasteiger partial charge is 0.449 e. The summed E-state index contributed by atoms with van der Waals surface area (Å²) in [6, 6.07) is 12.8. The fourth-order valence-corrected chi connectivity index (χ4v) is 5.52. The number of alkyl halides is 3. The minimum Gasteiger partial charge on any atom is -0.449 e. The number of piperidine rings is 1. The van der Waals surface area contributed by atoms with E-state index in [1.807, 2.05) is 12.1 Å². The Morgan fingerprint density at radius 3 is 2.56 bits per heavy atom. The molecule has 0 radical (unpaired) electrons. The molecule has 12 heteroatoms. The first-order valence-electron chi connectivity index (χ1n) is 12.6. The van der Waals surface area contributed by atoms with Crippen LogP contribution in [0.3, 0.4) is 0 Å².